The number of hydrogen-bond acceptors (Lipinski definition) is 4. The summed E-state index contributed by atoms with van der Waals surface area (Å²) in [4.78, 5) is 27.8. The lowest BCUT2D eigenvalue weighted by atomic mass is 10.1. The van der Waals surface area contributed by atoms with Crippen molar-refractivity contribution in [1.82, 2.24) is 5.32 Å². The van der Waals surface area contributed by atoms with Crippen LogP contribution in [0.25, 0.3) is 0 Å². The smallest absolute Gasteiger partial charge is 0.326 e. The van der Waals surface area contributed by atoms with Crippen LogP contribution < -0.4 is 25.2 Å². The van der Waals surface area contributed by atoms with Gasteiger partial charge in [0.25, 0.3) is 5.91 Å². The van der Waals surface area contributed by atoms with Crippen molar-refractivity contribution in [2.24, 2.45) is 0 Å². The number of methoxy groups -OCH3 is 1. The van der Waals surface area contributed by atoms with E-state index in [9.17, 15) is 9.59 Å². The van der Waals surface area contributed by atoms with Crippen LogP contribution in [0.5, 0.6) is 5.75 Å². The van der Waals surface area contributed by atoms with Crippen LogP contribution in [0.4, 0.5) is 16.2 Å². The fourth-order valence-corrected chi connectivity index (χ4v) is 3.64. The van der Waals surface area contributed by atoms with Crippen molar-refractivity contribution >= 4 is 23.3 Å². The highest BCUT2D eigenvalue weighted by atomic mass is 16.5. The number of ether oxygens (including phenoxy) is 1. The minimum atomic E-state index is -0.492. The lowest BCUT2D eigenvalue weighted by molar-refractivity contribution is -0.892. The minimum Gasteiger partial charge on any atom is -0.495 e. The van der Waals surface area contributed by atoms with E-state index in [1.54, 1.807) is 7.11 Å². The first-order valence-corrected chi connectivity index (χ1v) is 9.86. The van der Waals surface area contributed by atoms with Crippen molar-refractivity contribution in [3.8, 4) is 5.75 Å². The number of anilines is 2. The summed E-state index contributed by atoms with van der Waals surface area (Å²) in [6.07, 6.45) is 0. The van der Waals surface area contributed by atoms with Gasteiger partial charge in [-0.15, -0.1) is 0 Å². The monoisotopic (exact) mass is 397 g/mol. The highest BCUT2D eigenvalue weighted by Crippen LogP contribution is 2.27. The molecule has 154 valence electrons. The zero-order valence-electron chi connectivity index (χ0n) is 17.2. The van der Waals surface area contributed by atoms with Crippen LogP contribution in [0.1, 0.15) is 11.1 Å². The molecule has 3 amide bonds. The number of rotatable bonds is 5. The summed E-state index contributed by atoms with van der Waals surface area (Å²) in [5, 5.41) is 5.18. The second kappa shape index (κ2) is 9.43. The lowest BCUT2D eigenvalue weighted by Crippen LogP contribution is -3.16. The summed E-state index contributed by atoms with van der Waals surface area (Å²) in [5.41, 5.74) is 3.87. The van der Waals surface area contributed by atoms with Crippen molar-refractivity contribution in [1.29, 1.82) is 0 Å². The van der Waals surface area contributed by atoms with E-state index >= 15 is 0 Å². The fourth-order valence-electron chi connectivity index (χ4n) is 3.64. The summed E-state index contributed by atoms with van der Waals surface area (Å²) in [5.74, 6) is 0.588. The molecule has 1 heterocycles. The van der Waals surface area contributed by atoms with E-state index < -0.39 is 6.03 Å². The Morgan fingerprint density at radius 3 is 2.52 bits per heavy atom. The number of para-hydroxylation sites is 2. The van der Waals surface area contributed by atoms with Gasteiger partial charge in [-0.3, -0.25) is 10.1 Å². The molecule has 1 saturated heterocycles. The Balaban J connectivity index is 1.46. The van der Waals surface area contributed by atoms with E-state index in [0.29, 0.717) is 5.69 Å². The Bertz CT molecular complexity index is 876. The molecule has 1 aliphatic rings. The SMILES string of the molecule is COc1ccccc1N1CC[NH+](CC(=O)NC(=O)Nc2ccc(C)cc2C)CC1. The number of nitrogens with one attached hydrogen (secondary N) is 3. The second-order valence-electron chi connectivity index (χ2n) is 7.41. The second-order valence-corrected chi connectivity index (χ2v) is 7.41. The summed E-state index contributed by atoms with van der Waals surface area (Å²) in [7, 11) is 1.67. The van der Waals surface area contributed by atoms with Crippen LogP contribution >= 0.6 is 0 Å². The number of aryl methyl sites for hydroxylation is 2. The predicted molar refractivity (Wildman–Crippen MR) is 114 cm³/mol. The van der Waals surface area contributed by atoms with Crippen molar-refractivity contribution in [2.75, 3.05) is 50.1 Å². The van der Waals surface area contributed by atoms with Gasteiger partial charge < -0.3 is 19.9 Å². The molecule has 7 nitrogen and oxygen atoms in total. The molecule has 7 heteroatoms. The third-order valence-corrected chi connectivity index (χ3v) is 5.19. The van der Waals surface area contributed by atoms with Gasteiger partial charge in [-0.05, 0) is 37.6 Å². The number of piperazine rings is 1. The van der Waals surface area contributed by atoms with Gasteiger partial charge in [0.2, 0.25) is 0 Å². The number of hydrogen-bond donors (Lipinski definition) is 3. The van der Waals surface area contributed by atoms with Crippen molar-refractivity contribution < 1.29 is 19.2 Å². The molecule has 0 spiro atoms. The van der Waals surface area contributed by atoms with Crippen LogP contribution in [-0.4, -0.2) is 51.8 Å². The Morgan fingerprint density at radius 1 is 1.10 bits per heavy atom. The number of carbonyl (C=O) groups excluding carboxylic acids is 2. The van der Waals surface area contributed by atoms with Gasteiger partial charge in [0.05, 0.1) is 39.0 Å². The summed E-state index contributed by atoms with van der Waals surface area (Å²) in [6.45, 7) is 7.51. The molecular weight excluding hydrogens is 368 g/mol. The average Bonchev–Trinajstić information content (AvgIpc) is 2.70. The maximum absolute atomic E-state index is 12.3. The van der Waals surface area contributed by atoms with Gasteiger partial charge in [0, 0.05) is 5.69 Å². The molecule has 0 saturated carbocycles. The molecular formula is C22H29N4O3+. The zero-order valence-corrected chi connectivity index (χ0v) is 17.2. The van der Waals surface area contributed by atoms with E-state index in [4.69, 9.17) is 4.74 Å². The summed E-state index contributed by atoms with van der Waals surface area (Å²) in [6, 6.07) is 13.2. The molecule has 1 fully saturated rings. The van der Waals surface area contributed by atoms with Crippen molar-refractivity contribution in [3.05, 3.63) is 53.6 Å². The highest BCUT2D eigenvalue weighted by molar-refractivity contribution is 6.01. The van der Waals surface area contributed by atoms with Gasteiger partial charge in [0.15, 0.2) is 6.54 Å². The number of quaternary nitrogens is 1. The maximum atomic E-state index is 12.3. The Hall–Kier alpha value is -3.06. The van der Waals surface area contributed by atoms with Gasteiger partial charge in [-0.2, -0.15) is 0 Å². The van der Waals surface area contributed by atoms with E-state index in [1.807, 2.05) is 56.3 Å². The van der Waals surface area contributed by atoms with Crippen LogP contribution in [0, 0.1) is 13.8 Å². The van der Waals surface area contributed by atoms with E-state index in [0.717, 1.165) is 53.6 Å². The molecule has 0 bridgehead atoms. The third-order valence-electron chi connectivity index (χ3n) is 5.19. The predicted octanol–water partition coefficient (Wildman–Crippen LogP) is 1.37. The first-order chi connectivity index (χ1) is 14.0. The number of carbonyl (C=O) groups is 2. The Kier molecular flexibility index (Phi) is 6.72. The number of nitrogens with zero attached hydrogens (tertiary/aromatic N) is 1. The van der Waals surface area contributed by atoms with E-state index in [-0.39, 0.29) is 12.5 Å². The largest absolute Gasteiger partial charge is 0.495 e. The van der Waals surface area contributed by atoms with Crippen molar-refractivity contribution in [2.45, 2.75) is 13.8 Å². The molecule has 0 unspecified atom stereocenters. The minimum absolute atomic E-state index is 0.270. The fraction of sp³-hybridized carbons (Fsp3) is 0.364. The van der Waals surface area contributed by atoms with E-state index in [1.165, 1.54) is 0 Å². The van der Waals surface area contributed by atoms with E-state index in [2.05, 4.69) is 15.5 Å². The lowest BCUT2D eigenvalue weighted by Gasteiger charge is -2.33. The maximum Gasteiger partial charge on any atom is 0.326 e. The van der Waals surface area contributed by atoms with Gasteiger partial charge in [-0.1, -0.05) is 29.8 Å². The quantitative estimate of drug-likeness (QED) is 0.712. The molecule has 0 radical (unpaired) electrons. The zero-order chi connectivity index (χ0) is 20.8. The number of amides is 3. The molecule has 0 aliphatic carbocycles. The molecule has 1 aliphatic heterocycles. The number of imide groups is 1. The molecule has 2 aromatic carbocycles. The molecule has 29 heavy (non-hydrogen) atoms. The summed E-state index contributed by atoms with van der Waals surface area (Å²) < 4.78 is 5.44. The van der Waals surface area contributed by atoms with Crippen LogP contribution in [0.3, 0.4) is 0 Å². The third kappa shape index (κ3) is 5.48. The molecule has 0 aromatic heterocycles. The van der Waals surface area contributed by atoms with Gasteiger partial charge in [-0.25, -0.2) is 4.79 Å². The Labute approximate surface area is 171 Å². The van der Waals surface area contributed by atoms with Crippen molar-refractivity contribution in [3.63, 3.8) is 0 Å². The number of urea groups is 1. The standard InChI is InChI=1S/C22H28N4O3/c1-16-8-9-18(17(2)14-16)23-22(28)24-21(27)15-25-10-12-26(13-11-25)19-6-4-5-7-20(19)29-3/h4-9,14H,10-13,15H2,1-3H3,(H2,23,24,27,28)/p+1. The average molecular weight is 397 g/mol. The molecule has 0 atom stereocenters. The van der Waals surface area contributed by atoms with Crippen LogP contribution in [0.15, 0.2) is 42.5 Å². The first kappa shape index (κ1) is 20.7. The molecule has 3 rings (SSSR count). The molecule has 3 N–H and O–H groups in total. The van der Waals surface area contributed by atoms with Crippen LogP contribution in [-0.2, 0) is 4.79 Å². The topological polar surface area (TPSA) is 75.1 Å². The first-order valence-electron chi connectivity index (χ1n) is 9.86. The summed E-state index contributed by atoms with van der Waals surface area (Å²) >= 11 is 0. The van der Waals surface area contributed by atoms with Crippen LogP contribution in [0.2, 0.25) is 0 Å². The normalized spacial score (nSPS) is 14.4. The van der Waals surface area contributed by atoms with Gasteiger partial charge >= 0.3 is 6.03 Å². The number of benzene rings is 2. The Morgan fingerprint density at radius 2 is 1.83 bits per heavy atom. The van der Waals surface area contributed by atoms with Gasteiger partial charge in [0.1, 0.15) is 5.75 Å². The molecule has 2 aromatic rings. The highest BCUT2D eigenvalue weighted by Gasteiger charge is 2.24.